The summed E-state index contributed by atoms with van der Waals surface area (Å²) in [5.74, 6) is -1.50. The second-order valence-corrected chi connectivity index (χ2v) is 6.15. The van der Waals surface area contributed by atoms with E-state index >= 15 is 0 Å². The minimum absolute atomic E-state index is 0.0824. The van der Waals surface area contributed by atoms with E-state index in [9.17, 15) is 19.7 Å². The summed E-state index contributed by atoms with van der Waals surface area (Å²) in [6.07, 6.45) is -1.20. The minimum Gasteiger partial charge on any atom is -0.496 e. The van der Waals surface area contributed by atoms with Crippen LogP contribution in [0.3, 0.4) is 0 Å². The molecule has 0 aliphatic rings. The van der Waals surface area contributed by atoms with Crippen molar-refractivity contribution in [2.45, 2.75) is 13.0 Å². The fraction of sp³-hybridized carbons (Fsp3) is 0.176. The molecule has 0 radical (unpaired) electrons. The van der Waals surface area contributed by atoms with Gasteiger partial charge < -0.3 is 14.8 Å². The molecule has 2 rings (SSSR count). The van der Waals surface area contributed by atoms with Crippen LogP contribution in [-0.2, 0) is 9.53 Å². The van der Waals surface area contributed by atoms with Crippen LogP contribution in [0.15, 0.2) is 36.4 Å². The number of ether oxygens (including phenoxy) is 2. The second-order valence-electron chi connectivity index (χ2n) is 5.30. The highest BCUT2D eigenvalue weighted by molar-refractivity contribution is 6.36. The second kappa shape index (κ2) is 8.70. The van der Waals surface area contributed by atoms with E-state index < -0.39 is 22.9 Å². The lowest BCUT2D eigenvalue weighted by molar-refractivity contribution is -0.384. The van der Waals surface area contributed by atoms with Crippen molar-refractivity contribution in [3.8, 4) is 5.75 Å². The van der Waals surface area contributed by atoms with Gasteiger partial charge in [-0.05, 0) is 31.2 Å². The molecule has 8 nitrogen and oxygen atoms in total. The molecule has 0 saturated carbocycles. The third-order valence-corrected chi connectivity index (χ3v) is 4.00. The molecule has 0 saturated heterocycles. The van der Waals surface area contributed by atoms with Crippen LogP contribution in [0.4, 0.5) is 11.4 Å². The molecule has 10 heteroatoms. The predicted octanol–water partition coefficient (Wildman–Crippen LogP) is 4.09. The number of non-ortho nitro benzene ring substituents is 1. The topological polar surface area (TPSA) is 108 Å². The Bertz CT molecular complexity index is 903. The van der Waals surface area contributed by atoms with Gasteiger partial charge in [0.25, 0.3) is 11.6 Å². The summed E-state index contributed by atoms with van der Waals surface area (Å²) in [4.78, 5) is 34.8. The van der Waals surface area contributed by atoms with E-state index in [2.05, 4.69) is 5.32 Å². The SMILES string of the molecule is COc1ccc([N+](=O)[O-])cc1C(=O)O[C@H](C)C(=O)Nc1ccc(Cl)cc1Cl. The zero-order chi connectivity index (χ0) is 20.1. The summed E-state index contributed by atoms with van der Waals surface area (Å²) in [5.41, 5.74) is -0.189. The number of halogens is 2. The first-order chi connectivity index (χ1) is 12.7. The fourth-order valence-corrected chi connectivity index (χ4v) is 2.53. The summed E-state index contributed by atoms with van der Waals surface area (Å²) < 4.78 is 10.1. The van der Waals surface area contributed by atoms with Crippen LogP contribution in [0.25, 0.3) is 0 Å². The number of nitrogens with one attached hydrogen (secondary N) is 1. The number of anilines is 1. The Hall–Kier alpha value is -2.84. The molecular weight excluding hydrogens is 399 g/mol. The van der Waals surface area contributed by atoms with Gasteiger partial charge in [0.15, 0.2) is 6.10 Å². The van der Waals surface area contributed by atoms with Crippen molar-refractivity contribution in [1.29, 1.82) is 0 Å². The number of hydrogen-bond acceptors (Lipinski definition) is 6. The largest absolute Gasteiger partial charge is 0.496 e. The number of benzene rings is 2. The molecule has 0 bridgehead atoms. The maximum Gasteiger partial charge on any atom is 0.342 e. The predicted molar refractivity (Wildman–Crippen MR) is 99.6 cm³/mol. The third-order valence-electron chi connectivity index (χ3n) is 3.46. The van der Waals surface area contributed by atoms with E-state index in [1.807, 2.05) is 0 Å². The van der Waals surface area contributed by atoms with Gasteiger partial charge in [-0.15, -0.1) is 0 Å². The maximum atomic E-state index is 12.3. The van der Waals surface area contributed by atoms with Crippen LogP contribution in [0, 0.1) is 10.1 Å². The van der Waals surface area contributed by atoms with E-state index in [0.29, 0.717) is 10.7 Å². The minimum atomic E-state index is -1.20. The Balaban J connectivity index is 2.13. The number of hydrogen-bond donors (Lipinski definition) is 1. The first kappa shape index (κ1) is 20.5. The lowest BCUT2D eigenvalue weighted by Gasteiger charge is -2.15. The number of methoxy groups -OCH3 is 1. The van der Waals surface area contributed by atoms with Gasteiger partial charge in [0.05, 0.1) is 22.7 Å². The van der Waals surface area contributed by atoms with Gasteiger partial charge in [-0.2, -0.15) is 0 Å². The molecule has 0 unspecified atom stereocenters. The van der Waals surface area contributed by atoms with Gasteiger partial charge in [-0.3, -0.25) is 14.9 Å². The number of amides is 1. The molecule has 0 heterocycles. The molecule has 2 aromatic carbocycles. The van der Waals surface area contributed by atoms with E-state index in [4.69, 9.17) is 32.7 Å². The molecular formula is C17H14Cl2N2O6. The molecule has 2 aromatic rings. The number of nitro benzene ring substituents is 1. The maximum absolute atomic E-state index is 12.3. The quantitative estimate of drug-likeness (QED) is 0.434. The van der Waals surface area contributed by atoms with Crippen LogP contribution >= 0.6 is 23.2 Å². The number of nitrogens with zero attached hydrogens (tertiary/aromatic N) is 1. The number of rotatable bonds is 6. The highest BCUT2D eigenvalue weighted by atomic mass is 35.5. The van der Waals surface area contributed by atoms with Crippen LogP contribution in [0.5, 0.6) is 5.75 Å². The van der Waals surface area contributed by atoms with E-state index in [0.717, 1.165) is 6.07 Å². The van der Waals surface area contributed by atoms with Gasteiger partial charge in [-0.1, -0.05) is 23.2 Å². The molecule has 1 atom stereocenters. The first-order valence-corrected chi connectivity index (χ1v) is 8.28. The van der Waals surface area contributed by atoms with Crippen molar-refractivity contribution in [1.82, 2.24) is 0 Å². The van der Waals surface area contributed by atoms with Crippen LogP contribution < -0.4 is 10.1 Å². The molecule has 0 aromatic heterocycles. The molecule has 1 amide bonds. The summed E-state index contributed by atoms with van der Waals surface area (Å²) in [6.45, 7) is 1.35. The number of carbonyl (C=O) groups is 2. The molecule has 0 aliphatic carbocycles. The average molecular weight is 413 g/mol. The Morgan fingerprint density at radius 1 is 1.19 bits per heavy atom. The fourth-order valence-electron chi connectivity index (χ4n) is 2.07. The number of nitro groups is 1. The van der Waals surface area contributed by atoms with Crippen LogP contribution in [0.2, 0.25) is 10.0 Å². The van der Waals surface area contributed by atoms with Crippen molar-refractivity contribution in [3.63, 3.8) is 0 Å². The van der Waals surface area contributed by atoms with Gasteiger partial charge in [-0.25, -0.2) is 4.79 Å². The molecule has 0 fully saturated rings. The molecule has 0 spiro atoms. The van der Waals surface area contributed by atoms with Gasteiger partial charge >= 0.3 is 5.97 Å². The normalized spacial score (nSPS) is 11.4. The summed E-state index contributed by atoms with van der Waals surface area (Å²) in [7, 11) is 1.30. The zero-order valence-corrected chi connectivity index (χ0v) is 15.7. The standard InChI is InChI=1S/C17H14Cl2N2O6/c1-9(16(22)20-14-5-3-10(18)7-13(14)19)27-17(23)12-8-11(21(24)25)4-6-15(12)26-2/h3-9H,1-2H3,(H,20,22)/t9-/m1/s1. The van der Waals surface area contributed by atoms with Gasteiger partial charge in [0.2, 0.25) is 0 Å². The summed E-state index contributed by atoms with van der Waals surface area (Å²) in [6, 6.07) is 7.96. The lowest BCUT2D eigenvalue weighted by atomic mass is 10.1. The van der Waals surface area contributed by atoms with Gasteiger partial charge in [0, 0.05) is 17.2 Å². The third kappa shape index (κ3) is 5.08. The van der Waals surface area contributed by atoms with Crippen LogP contribution in [0.1, 0.15) is 17.3 Å². The molecule has 1 N–H and O–H groups in total. The summed E-state index contributed by atoms with van der Waals surface area (Å²) in [5, 5.41) is 14.0. The van der Waals surface area contributed by atoms with E-state index in [1.165, 1.54) is 44.4 Å². The molecule has 142 valence electrons. The van der Waals surface area contributed by atoms with Gasteiger partial charge in [0.1, 0.15) is 11.3 Å². The number of esters is 1. The zero-order valence-electron chi connectivity index (χ0n) is 14.2. The Morgan fingerprint density at radius 3 is 2.48 bits per heavy atom. The van der Waals surface area contributed by atoms with Crippen molar-refractivity contribution >= 4 is 46.5 Å². The monoisotopic (exact) mass is 412 g/mol. The highest BCUT2D eigenvalue weighted by Crippen LogP contribution is 2.27. The van der Waals surface area contributed by atoms with Crippen LogP contribution in [-0.4, -0.2) is 30.0 Å². The van der Waals surface area contributed by atoms with Crippen molar-refractivity contribution in [3.05, 3.63) is 62.1 Å². The van der Waals surface area contributed by atoms with E-state index in [1.54, 1.807) is 0 Å². The highest BCUT2D eigenvalue weighted by Gasteiger charge is 2.24. The smallest absolute Gasteiger partial charge is 0.342 e. The average Bonchev–Trinajstić information content (AvgIpc) is 2.63. The Kier molecular flexibility index (Phi) is 6.59. The lowest BCUT2D eigenvalue weighted by Crippen LogP contribution is -2.30. The van der Waals surface area contributed by atoms with E-state index in [-0.39, 0.29) is 22.0 Å². The first-order valence-electron chi connectivity index (χ1n) is 7.52. The van der Waals surface area contributed by atoms with Crippen molar-refractivity contribution in [2.24, 2.45) is 0 Å². The van der Waals surface area contributed by atoms with Crippen molar-refractivity contribution < 1.29 is 24.0 Å². The van der Waals surface area contributed by atoms with Crippen molar-refractivity contribution in [2.75, 3.05) is 12.4 Å². The Labute approximate surface area is 164 Å². The Morgan fingerprint density at radius 2 is 1.89 bits per heavy atom. The number of carbonyl (C=O) groups excluding carboxylic acids is 2. The molecule has 27 heavy (non-hydrogen) atoms. The summed E-state index contributed by atoms with van der Waals surface area (Å²) >= 11 is 11.8. The molecule has 0 aliphatic heterocycles.